The molecule has 0 saturated heterocycles. The van der Waals surface area contributed by atoms with Crippen LogP contribution in [0.15, 0.2) is 24.8 Å². The highest BCUT2D eigenvalue weighted by atomic mass is 15.3. The summed E-state index contributed by atoms with van der Waals surface area (Å²) in [5.74, 6) is 1.16. The van der Waals surface area contributed by atoms with Gasteiger partial charge in [-0.3, -0.25) is 4.68 Å². The molecular weight excluding hydrogens is 250 g/mol. The van der Waals surface area contributed by atoms with E-state index in [9.17, 15) is 0 Å². The molecule has 5 heteroatoms. The van der Waals surface area contributed by atoms with Crippen molar-refractivity contribution in [1.82, 2.24) is 24.2 Å². The number of imidazole rings is 1. The fourth-order valence-corrected chi connectivity index (χ4v) is 2.27. The monoisotopic (exact) mass is 275 g/mol. The van der Waals surface area contributed by atoms with Crippen LogP contribution in [0.1, 0.15) is 38.2 Å². The Hall–Kier alpha value is -1.62. The quantitative estimate of drug-likeness (QED) is 0.778. The van der Waals surface area contributed by atoms with E-state index in [2.05, 4.69) is 59.8 Å². The van der Waals surface area contributed by atoms with Gasteiger partial charge in [-0.25, -0.2) is 4.98 Å². The van der Waals surface area contributed by atoms with Gasteiger partial charge in [0.1, 0.15) is 5.82 Å². The third-order valence-corrected chi connectivity index (χ3v) is 3.48. The SMILES string of the molecule is CCc1nccn1CCN(C)Cc1cnn(C(C)C)c1. The molecule has 0 aliphatic carbocycles. The van der Waals surface area contributed by atoms with E-state index in [1.165, 1.54) is 5.56 Å². The highest BCUT2D eigenvalue weighted by Gasteiger charge is 2.06. The molecule has 110 valence electrons. The predicted octanol–water partition coefficient (Wildman–Crippen LogP) is 2.35. The van der Waals surface area contributed by atoms with Crippen LogP contribution in [-0.4, -0.2) is 37.8 Å². The van der Waals surface area contributed by atoms with Gasteiger partial charge >= 0.3 is 0 Å². The molecule has 2 aromatic rings. The third-order valence-electron chi connectivity index (χ3n) is 3.48. The number of aromatic nitrogens is 4. The van der Waals surface area contributed by atoms with Gasteiger partial charge in [0.2, 0.25) is 0 Å². The highest BCUT2D eigenvalue weighted by Crippen LogP contribution is 2.07. The van der Waals surface area contributed by atoms with E-state index in [0.29, 0.717) is 6.04 Å². The van der Waals surface area contributed by atoms with E-state index >= 15 is 0 Å². The summed E-state index contributed by atoms with van der Waals surface area (Å²) in [6, 6.07) is 0.423. The maximum atomic E-state index is 4.38. The fraction of sp³-hybridized carbons (Fsp3) is 0.600. The molecule has 0 aliphatic rings. The Morgan fingerprint density at radius 2 is 2.15 bits per heavy atom. The van der Waals surface area contributed by atoms with Gasteiger partial charge in [-0.15, -0.1) is 0 Å². The molecule has 0 bridgehead atoms. The van der Waals surface area contributed by atoms with Crippen molar-refractivity contribution < 1.29 is 0 Å². The predicted molar refractivity (Wildman–Crippen MR) is 80.6 cm³/mol. The summed E-state index contributed by atoms with van der Waals surface area (Å²) in [4.78, 5) is 6.67. The molecule has 5 nitrogen and oxygen atoms in total. The first kappa shape index (κ1) is 14.8. The molecular formula is C15H25N5. The molecule has 0 fully saturated rings. The smallest absolute Gasteiger partial charge is 0.108 e. The Bertz CT molecular complexity index is 526. The van der Waals surface area contributed by atoms with Crippen molar-refractivity contribution in [2.24, 2.45) is 0 Å². The summed E-state index contributed by atoms with van der Waals surface area (Å²) in [5, 5.41) is 4.38. The number of rotatable bonds is 7. The van der Waals surface area contributed by atoms with Gasteiger partial charge in [0.25, 0.3) is 0 Å². The second-order valence-corrected chi connectivity index (χ2v) is 5.55. The van der Waals surface area contributed by atoms with Crippen LogP contribution in [0, 0.1) is 0 Å². The maximum absolute atomic E-state index is 4.38. The lowest BCUT2D eigenvalue weighted by Crippen LogP contribution is -2.23. The third kappa shape index (κ3) is 3.70. The summed E-state index contributed by atoms with van der Waals surface area (Å²) in [6.07, 6.45) is 9.02. The fourth-order valence-electron chi connectivity index (χ4n) is 2.27. The average molecular weight is 275 g/mol. The summed E-state index contributed by atoms with van der Waals surface area (Å²) < 4.78 is 4.24. The van der Waals surface area contributed by atoms with E-state index in [1.807, 2.05) is 17.1 Å². The van der Waals surface area contributed by atoms with Crippen molar-refractivity contribution in [3.05, 3.63) is 36.2 Å². The molecule has 0 aromatic carbocycles. The minimum Gasteiger partial charge on any atom is -0.334 e. The highest BCUT2D eigenvalue weighted by molar-refractivity contribution is 5.04. The topological polar surface area (TPSA) is 38.9 Å². The molecule has 20 heavy (non-hydrogen) atoms. The Labute approximate surface area is 121 Å². The van der Waals surface area contributed by atoms with Crippen LogP contribution in [-0.2, 0) is 19.5 Å². The minimum atomic E-state index is 0.423. The van der Waals surface area contributed by atoms with Crippen LogP contribution < -0.4 is 0 Å². The lowest BCUT2D eigenvalue weighted by atomic mass is 10.3. The average Bonchev–Trinajstić information content (AvgIpc) is 3.04. The lowest BCUT2D eigenvalue weighted by Gasteiger charge is -2.16. The van der Waals surface area contributed by atoms with Crippen molar-refractivity contribution in [3.8, 4) is 0 Å². The van der Waals surface area contributed by atoms with Crippen LogP contribution in [0.3, 0.4) is 0 Å². The molecule has 0 aliphatic heterocycles. The zero-order chi connectivity index (χ0) is 14.5. The van der Waals surface area contributed by atoms with Gasteiger partial charge in [-0.2, -0.15) is 5.10 Å². The summed E-state index contributed by atoms with van der Waals surface area (Å²) in [7, 11) is 2.15. The molecule has 2 aromatic heterocycles. The van der Waals surface area contributed by atoms with E-state index in [1.54, 1.807) is 0 Å². The standard InChI is InChI=1S/C15H25N5/c1-5-15-16-6-7-19(15)9-8-18(4)11-14-10-17-20(12-14)13(2)3/h6-7,10,12-13H,5,8-9,11H2,1-4H3. The zero-order valence-corrected chi connectivity index (χ0v) is 13.0. The molecule has 0 unspecified atom stereocenters. The summed E-state index contributed by atoms with van der Waals surface area (Å²) in [5.41, 5.74) is 1.27. The maximum Gasteiger partial charge on any atom is 0.108 e. The number of aryl methyl sites for hydroxylation is 1. The van der Waals surface area contributed by atoms with E-state index in [-0.39, 0.29) is 0 Å². The Kier molecular flexibility index (Phi) is 4.95. The summed E-state index contributed by atoms with van der Waals surface area (Å²) in [6.45, 7) is 9.36. The zero-order valence-electron chi connectivity index (χ0n) is 13.0. The summed E-state index contributed by atoms with van der Waals surface area (Å²) >= 11 is 0. The van der Waals surface area contributed by atoms with Crippen molar-refractivity contribution in [2.45, 2.75) is 46.3 Å². The van der Waals surface area contributed by atoms with Crippen LogP contribution in [0.5, 0.6) is 0 Å². The molecule has 2 rings (SSSR count). The normalized spacial score (nSPS) is 11.7. The molecule has 0 radical (unpaired) electrons. The number of hydrogen-bond acceptors (Lipinski definition) is 3. The molecule has 0 saturated carbocycles. The number of likely N-dealkylation sites (N-methyl/N-ethyl adjacent to an activating group) is 1. The number of hydrogen-bond donors (Lipinski definition) is 0. The lowest BCUT2D eigenvalue weighted by molar-refractivity contribution is 0.309. The first-order valence-electron chi connectivity index (χ1n) is 7.31. The minimum absolute atomic E-state index is 0.423. The first-order valence-corrected chi connectivity index (χ1v) is 7.31. The van der Waals surface area contributed by atoms with E-state index < -0.39 is 0 Å². The molecule has 0 amide bonds. The first-order chi connectivity index (χ1) is 9.60. The van der Waals surface area contributed by atoms with E-state index in [0.717, 1.165) is 31.9 Å². The molecule has 2 heterocycles. The van der Waals surface area contributed by atoms with Crippen molar-refractivity contribution >= 4 is 0 Å². The Morgan fingerprint density at radius 1 is 1.35 bits per heavy atom. The Morgan fingerprint density at radius 3 is 2.80 bits per heavy atom. The number of nitrogens with zero attached hydrogens (tertiary/aromatic N) is 5. The van der Waals surface area contributed by atoms with Crippen LogP contribution >= 0.6 is 0 Å². The van der Waals surface area contributed by atoms with Crippen LogP contribution in [0.25, 0.3) is 0 Å². The van der Waals surface area contributed by atoms with E-state index in [4.69, 9.17) is 0 Å². The van der Waals surface area contributed by atoms with Crippen LogP contribution in [0.4, 0.5) is 0 Å². The van der Waals surface area contributed by atoms with Gasteiger partial charge in [0.05, 0.1) is 6.20 Å². The second-order valence-electron chi connectivity index (χ2n) is 5.55. The molecule has 0 N–H and O–H groups in total. The van der Waals surface area contributed by atoms with Gasteiger partial charge in [0, 0.05) is 56.3 Å². The molecule has 0 spiro atoms. The van der Waals surface area contributed by atoms with Crippen molar-refractivity contribution in [2.75, 3.05) is 13.6 Å². The Balaban J connectivity index is 1.84. The van der Waals surface area contributed by atoms with Gasteiger partial charge in [-0.1, -0.05) is 6.92 Å². The second kappa shape index (κ2) is 6.70. The van der Waals surface area contributed by atoms with Crippen molar-refractivity contribution in [3.63, 3.8) is 0 Å². The van der Waals surface area contributed by atoms with Gasteiger partial charge < -0.3 is 9.47 Å². The van der Waals surface area contributed by atoms with Crippen LogP contribution in [0.2, 0.25) is 0 Å². The van der Waals surface area contributed by atoms with Gasteiger partial charge in [0.15, 0.2) is 0 Å². The van der Waals surface area contributed by atoms with Gasteiger partial charge in [-0.05, 0) is 20.9 Å². The molecule has 0 atom stereocenters. The van der Waals surface area contributed by atoms with Crippen molar-refractivity contribution in [1.29, 1.82) is 0 Å². The largest absolute Gasteiger partial charge is 0.334 e.